The standard InChI is InChI=1S/C12H15NO4S/c1-2-10-5-7-11(8-6-10)18(16,17)13-9-3-4-12(14)15/h2,5-8,13H,1,3-4,9H2,(H,14,15). The van der Waals surface area contributed by atoms with Gasteiger partial charge < -0.3 is 5.11 Å². The number of nitrogens with one attached hydrogen (secondary N) is 1. The second-order valence-electron chi connectivity index (χ2n) is 3.67. The molecule has 0 saturated heterocycles. The maximum Gasteiger partial charge on any atom is 0.303 e. The Hall–Kier alpha value is -1.66. The highest BCUT2D eigenvalue weighted by molar-refractivity contribution is 7.89. The van der Waals surface area contributed by atoms with Crippen LogP contribution in [0.25, 0.3) is 6.08 Å². The Morgan fingerprint density at radius 3 is 2.44 bits per heavy atom. The number of carboxylic acids is 1. The summed E-state index contributed by atoms with van der Waals surface area (Å²) in [5.74, 6) is -0.940. The summed E-state index contributed by atoms with van der Waals surface area (Å²) in [6.45, 7) is 3.69. The van der Waals surface area contributed by atoms with Crippen LogP contribution in [0, 0.1) is 0 Å². The Labute approximate surface area is 106 Å². The number of benzene rings is 1. The van der Waals surface area contributed by atoms with Gasteiger partial charge in [-0.25, -0.2) is 13.1 Å². The van der Waals surface area contributed by atoms with E-state index in [-0.39, 0.29) is 24.3 Å². The summed E-state index contributed by atoms with van der Waals surface area (Å²) >= 11 is 0. The second-order valence-corrected chi connectivity index (χ2v) is 5.44. The fourth-order valence-corrected chi connectivity index (χ4v) is 2.39. The Bertz CT molecular complexity index is 520. The molecule has 0 atom stereocenters. The van der Waals surface area contributed by atoms with E-state index in [0.29, 0.717) is 0 Å². The van der Waals surface area contributed by atoms with Gasteiger partial charge in [-0.15, -0.1) is 0 Å². The van der Waals surface area contributed by atoms with Crippen LogP contribution in [0.4, 0.5) is 0 Å². The zero-order valence-corrected chi connectivity index (χ0v) is 10.6. The van der Waals surface area contributed by atoms with Gasteiger partial charge in [0.1, 0.15) is 0 Å². The van der Waals surface area contributed by atoms with Crippen molar-refractivity contribution in [1.82, 2.24) is 4.72 Å². The van der Waals surface area contributed by atoms with Crippen molar-refractivity contribution in [3.63, 3.8) is 0 Å². The van der Waals surface area contributed by atoms with Crippen molar-refractivity contribution in [2.45, 2.75) is 17.7 Å². The second kappa shape index (κ2) is 6.32. The number of carbonyl (C=O) groups is 1. The largest absolute Gasteiger partial charge is 0.481 e. The Kier molecular flexibility index (Phi) is 5.06. The third-order valence-electron chi connectivity index (χ3n) is 2.29. The molecular formula is C12H15NO4S. The summed E-state index contributed by atoms with van der Waals surface area (Å²) < 4.78 is 25.9. The van der Waals surface area contributed by atoms with Gasteiger partial charge in [0.25, 0.3) is 0 Å². The summed E-state index contributed by atoms with van der Waals surface area (Å²) in [5, 5.41) is 8.43. The molecule has 1 aromatic carbocycles. The van der Waals surface area contributed by atoms with Crippen LogP contribution in [0.2, 0.25) is 0 Å². The van der Waals surface area contributed by atoms with Crippen molar-refractivity contribution < 1.29 is 18.3 Å². The lowest BCUT2D eigenvalue weighted by Crippen LogP contribution is -2.25. The molecule has 1 aromatic rings. The molecule has 2 N–H and O–H groups in total. The molecule has 0 aliphatic rings. The number of carboxylic acid groups (broad SMARTS) is 1. The SMILES string of the molecule is C=Cc1ccc(S(=O)(=O)NCCCC(=O)O)cc1. The van der Waals surface area contributed by atoms with Crippen molar-refractivity contribution >= 4 is 22.1 Å². The summed E-state index contributed by atoms with van der Waals surface area (Å²) in [5.41, 5.74) is 0.833. The smallest absolute Gasteiger partial charge is 0.303 e. The molecule has 0 fully saturated rings. The summed E-state index contributed by atoms with van der Waals surface area (Å²) in [4.78, 5) is 10.4. The molecule has 0 saturated carbocycles. The van der Waals surface area contributed by atoms with Crippen LogP contribution in [-0.4, -0.2) is 26.0 Å². The molecule has 5 nitrogen and oxygen atoms in total. The molecule has 0 aromatic heterocycles. The van der Waals surface area contributed by atoms with Gasteiger partial charge in [-0.05, 0) is 24.1 Å². The van der Waals surface area contributed by atoms with E-state index in [9.17, 15) is 13.2 Å². The maximum atomic E-state index is 11.8. The molecule has 98 valence electrons. The molecule has 0 radical (unpaired) electrons. The summed E-state index contributed by atoms with van der Waals surface area (Å²) in [6, 6.07) is 6.27. The average Bonchev–Trinajstić information content (AvgIpc) is 2.34. The predicted molar refractivity (Wildman–Crippen MR) is 68.6 cm³/mol. The first kappa shape index (κ1) is 14.4. The number of sulfonamides is 1. The van der Waals surface area contributed by atoms with Gasteiger partial charge in [0.15, 0.2) is 0 Å². The fraction of sp³-hybridized carbons (Fsp3) is 0.250. The van der Waals surface area contributed by atoms with E-state index in [1.165, 1.54) is 12.1 Å². The molecule has 0 amide bonds. The first-order valence-electron chi connectivity index (χ1n) is 5.39. The van der Waals surface area contributed by atoms with Gasteiger partial charge in [0, 0.05) is 13.0 Å². The van der Waals surface area contributed by atoms with Crippen molar-refractivity contribution in [3.05, 3.63) is 36.4 Å². The minimum Gasteiger partial charge on any atom is -0.481 e. The highest BCUT2D eigenvalue weighted by atomic mass is 32.2. The summed E-state index contributed by atoms with van der Waals surface area (Å²) in [6.07, 6.45) is 1.83. The third kappa shape index (κ3) is 4.31. The van der Waals surface area contributed by atoms with Crippen LogP contribution in [0.5, 0.6) is 0 Å². The normalized spacial score (nSPS) is 11.1. The van der Waals surface area contributed by atoms with E-state index in [1.54, 1.807) is 18.2 Å². The van der Waals surface area contributed by atoms with Crippen LogP contribution in [0.1, 0.15) is 18.4 Å². The van der Waals surface area contributed by atoms with E-state index in [4.69, 9.17) is 5.11 Å². The number of hydrogen-bond acceptors (Lipinski definition) is 3. The van der Waals surface area contributed by atoms with Gasteiger partial charge in [0.05, 0.1) is 4.90 Å². The van der Waals surface area contributed by atoms with Gasteiger partial charge in [-0.3, -0.25) is 4.79 Å². The lowest BCUT2D eigenvalue weighted by atomic mass is 10.2. The molecular weight excluding hydrogens is 254 g/mol. The van der Waals surface area contributed by atoms with E-state index in [0.717, 1.165) is 5.56 Å². The van der Waals surface area contributed by atoms with Gasteiger partial charge in [0.2, 0.25) is 10.0 Å². The third-order valence-corrected chi connectivity index (χ3v) is 3.76. The first-order valence-corrected chi connectivity index (χ1v) is 6.88. The Morgan fingerprint density at radius 1 is 1.33 bits per heavy atom. The minimum absolute atomic E-state index is 0.0576. The number of aliphatic carboxylic acids is 1. The van der Waals surface area contributed by atoms with Gasteiger partial charge >= 0.3 is 5.97 Å². The zero-order valence-electron chi connectivity index (χ0n) is 9.80. The van der Waals surface area contributed by atoms with Crippen molar-refractivity contribution in [1.29, 1.82) is 0 Å². The molecule has 18 heavy (non-hydrogen) atoms. The summed E-state index contributed by atoms with van der Waals surface area (Å²) in [7, 11) is -3.56. The molecule has 0 bridgehead atoms. The maximum absolute atomic E-state index is 11.8. The van der Waals surface area contributed by atoms with E-state index in [2.05, 4.69) is 11.3 Å². The highest BCUT2D eigenvalue weighted by Gasteiger charge is 2.12. The number of rotatable bonds is 7. The first-order chi connectivity index (χ1) is 8.45. The lowest BCUT2D eigenvalue weighted by Gasteiger charge is -2.06. The van der Waals surface area contributed by atoms with Gasteiger partial charge in [-0.1, -0.05) is 24.8 Å². The van der Waals surface area contributed by atoms with Gasteiger partial charge in [-0.2, -0.15) is 0 Å². The Balaban J connectivity index is 2.62. The lowest BCUT2D eigenvalue weighted by molar-refractivity contribution is -0.137. The van der Waals surface area contributed by atoms with Crippen molar-refractivity contribution in [2.75, 3.05) is 6.54 Å². The molecule has 0 aliphatic heterocycles. The van der Waals surface area contributed by atoms with Crippen molar-refractivity contribution in [2.24, 2.45) is 0 Å². The van der Waals surface area contributed by atoms with Crippen LogP contribution < -0.4 is 4.72 Å². The Morgan fingerprint density at radius 2 is 1.94 bits per heavy atom. The minimum atomic E-state index is -3.56. The molecule has 0 unspecified atom stereocenters. The molecule has 0 spiro atoms. The molecule has 0 heterocycles. The molecule has 0 aliphatic carbocycles. The topological polar surface area (TPSA) is 83.5 Å². The van der Waals surface area contributed by atoms with Crippen molar-refractivity contribution in [3.8, 4) is 0 Å². The fourth-order valence-electron chi connectivity index (χ4n) is 1.31. The number of hydrogen-bond donors (Lipinski definition) is 2. The van der Waals surface area contributed by atoms with Crippen LogP contribution in [0.3, 0.4) is 0 Å². The van der Waals surface area contributed by atoms with E-state index < -0.39 is 16.0 Å². The van der Waals surface area contributed by atoms with Crippen LogP contribution >= 0.6 is 0 Å². The zero-order chi connectivity index (χ0) is 13.6. The quantitative estimate of drug-likeness (QED) is 0.734. The highest BCUT2D eigenvalue weighted by Crippen LogP contribution is 2.11. The van der Waals surface area contributed by atoms with Crippen LogP contribution in [-0.2, 0) is 14.8 Å². The molecule has 1 rings (SSSR count). The predicted octanol–water partition coefficient (Wildman–Crippen LogP) is 1.47. The van der Waals surface area contributed by atoms with Crippen LogP contribution in [0.15, 0.2) is 35.7 Å². The monoisotopic (exact) mass is 269 g/mol. The van der Waals surface area contributed by atoms with E-state index >= 15 is 0 Å². The van der Waals surface area contributed by atoms with E-state index in [1.807, 2.05) is 0 Å². The molecule has 6 heteroatoms. The average molecular weight is 269 g/mol.